The van der Waals surface area contributed by atoms with Crippen LogP contribution in [-0.2, 0) is 9.09 Å². The van der Waals surface area contributed by atoms with Crippen LogP contribution in [0.5, 0.6) is 0 Å². The van der Waals surface area contributed by atoms with Crippen LogP contribution in [0.1, 0.15) is 20.8 Å². The molecule has 0 bridgehead atoms. The Kier molecular flexibility index (Phi) is 5.16. The van der Waals surface area contributed by atoms with Gasteiger partial charge in [-0.2, -0.15) is 13.2 Å². The average molecular weight is 232 g/mol. The van der Waals surface area contributed by atoms with Crippen molar-refractivity contribution in [2.24, 2.45) is 5.92 Å². The Morgan fingerprint density at radius 2 is 1.86 bits per heavy atom. The maximum atomic E-state index is 12.0. The fourth-order valence-corrected chi connectivity index (χ4v) is 2.42. The number of halogens is 3. The topological polar surface area (TPSA) is 26.3 Å². The summed E-state index contributed by atoms with van der Waals surface area (Å²) in [5.41, 5.74) is 0. The summed E-state index contributed by atoms with van der Waals surface area (Å²) in [6, 6.07) is 0. The molecule has 14 heavy (non-hydrogen) atoms. The van der Waals surface area contributed by atoms with Gasteiger partial charge >= 0.3 is 6.18 Å². The first-order chi connectivity index (χ1) is 6.18. The van der Waals surface area contributed by atoms with Gasteiger partial charge in [0, 0.05) is 6.16 Å². The van der Waals surface area contributed by atoms with Crippen LogP contribution in [0.2, 0.25) is 0 Å². The van der Waals surface area contributed by atoms with Gasteiger partial charge in [0.1, 0.15) is 6.16 Å². The summed E-state index contributed by atoms with van der Waals surface area (Å²) in [6.07, 6.45) is -5.80. The summed E-state index contributed by atoms with van der Waals surface area (Å²) >= 11 is 0. The Balaban J connectivity index is 4.27. The number of hydrogen-bond acceptors (Lipinski definition) is 2. The van der Waals surface area contributed by atoms with E-state index in [-0.39, 0.29) is 18.7 Å². The molecule has 86 valence electrons. The quantitative estimate of drug-likeness (QED) is 0.678. The fraction of sp³-hybridized carbons (Fsp3) is 1.00. The molecule has 0 aromatic rings. The third-order valence-corrected chi connectivity index (χ3v) is 3.97. The van der Waals surface area contributed by atoms with Crippen molar-refractivity contribution in [3.05, 3.63) is 0 Å². The van der Waals surface area contributed by atoms with E-state index >= 15 is 0 Å². The molecule has 0 spiro atoms. The first kappa shape index (κ1) is 14.0. The summed E-state index contributed by atoms with van der Waals surface area (Å²) in [4.78, 5) is 0. The second-order valence-electron chi connectivity index (χ2n) is 3.59. The maximum absolute atomic E-state index is 12.0. The van der Waals surface area contributed by atoms with Crippen LogP contribution in [0.15, 0.2) is 0 Å². The molecule has 2 nitrogen and oxygen atoms in total. The van der Waals surface area contributed by atoms with E-state index in [0.717, 1.165) is 0 Å². The largest absolute Gasteiger partial charge is 0.397 e. The SMILES string of the molecule is CCP(=O)(CC(F)(F)F)OCC(C)C. The van der Waals surface area contributed by atoms with Crippen molar-refractivity contribution in [3.8, 4) is 0 Å². The van der Waals surface area contributed by atoms with E-state index in [2.05, 4.69) is 0 Å². The minimum absolute atomic E-state index is 0.0702. The molecule has 0 aromatic heterocycles. The van der Waals surface area contributed by atoms with Gasteiger partial charge in [-0.3, -0.25) is 4.57 Å². The van der Waals surface area contributed by atoms with Crippen molar-refractivity contribution >= 4 is 7.37 Å². The first-order valence-corrected chi connectivity index (χ1v) is 6.47. The monoisotopic (exact) mass is 232 g/mol. The molecule has 0 aliphatic carbocycles. The van der Waals surface area contributed by atoms with E-state index in [9.17, 15) is 17.7 Å². The summed E-state index contributed by atoms with van der Waals surface area (Å²) in [6.45, 7) is 5.16. The summed E-state index contributed by atoms with van der Waals surface area (Å²) in [5.74, 6) is 0.0862. The van der Waals surface area contributed by atoms with Gasteiger partial charge in [0.05, 0.1) is 6.61 Å². The van der Waals surface area contributed by atoms with Gasteiger partial charge in [-0.05, 0) is 5.92 Å². The second-order valence-corrected chi connectivity index (χ2v) is 6.43. The van der Waals surface area contributed by atoms with Crippen LogP contribution in [0, 0.1) is 5.92 Å². The first-order valence-electron chi connectivity index (χ1n) is 4.48. The molecule has 1 atom stereocenters. The van der Waals surface area contributed by atoms with Crippen molar-refractivity contribution in [2.75, 3.05) is 18.9 Å². The lowest BCUT2D eigenvalue weighted by Crippen LogP contribution is -2.17. The summed E-state index contributed by atoms with van der Waals surface area (Å²) in [7, 11) is -3.50. The van der Waals surface area contributed by atoms with E-state index in [1.54, 1.807) is 13.8 Å². The summed E-state index contributed by atoms with van der Waals surface area (Å²) < 4.78 is 52.4. The smallest absolute Gasteiger partial charge is 0.328 e. The lowest BCUT2D eigenvalue weighted by molar-refractivity contribution is -0.108. The highest BCUT2D eigenvalue weighted by molar-refractivity contribution is 7.59. The molecule has 0 saturated heterocycles. The maximum Gasteiger partial charge on any atom is 0.397 e. The molecule has 0 aliphatic heterocycles. The Morgan fingerprint density at radius 1 is 1.36 bits per heavy atom. The highest BCUT2D eigenvalue weighted by Gasteiger charge is 2.38. The number of rotatable bonds is 5. The molecule has 0 amide bonds. The average Bonchev–Trinajstić information content (AvgIpc) is 1.98. The van der Waals surface area contributed by atoms with Crippen molar-refractivity contribution in [2.45, 2.75) is 26.9 Å². The fourth-order valence-electron chi connectivity index (χ4n) is 0.807. The lowest BCUT2D eigenvalue weighted by atomic mass is 10.2. The molecule has 0 aliphatic rings. The van der Waals surface area contributed by atoms with Gasteiger partial charge in [-0.15, -0.1) is 0 Å². The Labute approximate surface area is 82.3 Å². The highest BCUT2D eigenvalue weighted by Crippen LogP contribution is 2.50. The van der Waals surface area contributed by atoms with Gasteiger partial charge < -0.3 is 4.52 Å². The molecule has 1 unspecified atom stereocenters. The van der Waals surface area contributed by atoms with Gasteiger partial charge in [0.25, 0.3) is 0 Å². The third-order valence-electron chi connectivity index (χ3n) is 1.55. The van der Waals surface area contributed by atoms with Crippen LogP contribution in [-0.4, -0.2) is 25.1 Å². The zero-order valence-corrected chi connectivity index (χ0v) is 9.49. The van der Waals surface area contributed by atoms with Crippen LogP contribution in [0.4, 0.5) is 13.2 Å². The zero-order chi connectivity index (χ0) is 11.4. The molecule has 6 heteroatoms. The highest BCUT2D eigenvalue weighted by atomic mass is 31.2. The van der Waals surface area contributed by atoms with Crippen LogP contribution in [0.3, 0.4) is 0 Å². The van der Waals surface area contributed by atoms with Gasteiger partial charge in [0.2, 0.25) is 7.37 Å². The Bertz CT molecular complexity index is 213. The molecule has 0 N–H and O–H groups in total. The van der Waals surface area contributed by atoms with Crippen LogP contribution in [0.25, 0.3) is 0 Å². The number of hydrogen-bond donors (Lipinski definition) is 0. The van der Waals surface area contributed by atoms with Crippen LogP contribution >= 0.6 is 7.37 Å². The molecule has 0 heterocycles. The molecule has 0 fully saturated rings. The predicted molar refractivity (Wildman–Crippen MR) is 49.9 cm³/mol. The molecular weight excluding hydrogens is 216 g/mol. The van der Waals surface area contributed by atoms with Crippen molar-refractivity contribution in [1.82, 2.24) is 0 Å². The Morgan fingerprint density at radius 3 is 2.14 bits per heavy atom. The standard InChI is InChI=1S/C8H16F3O2P/c1-4-14(12,6-8(9,10)11)13-5-7(2)3/h7H,4-6H2,1-3H3. The zero-order valence-electron chi connectivity index (χ0n) is 8.60. The third kappa shape index (κ3) is 6.44. The van der Waals surface area contributed by atoms with Crippen molar-refractivity contribution < 1.29 is 22.3 Å². The van der Waals surface area contributed by atoms with E-state index in [0.29, 0.717) is 0 Å². The van der Waals surface area contributed by atoms with E-state index in [1.807, 2.05) is 0 Å². The molecular formula is C8H16F3O2P. The summed E-state index contributed by atoms with van der Waals surface area (Å²) in [5, 5.41) is 0. The van der Waals surface area contributed by atoms with E-state index < -0.39 is 19.7 Å². The van der Waals surface area contributed by atoms with Gasteiger partial charge in [-0.25, -0.2) is 0 Å². The number of alkyl halides is 3. The minimum atomic E-state index is -4.41. The van der Waals surface area contributed by atoms with E-state index in [4.69, 9.17) is 4.52 Å². The van der Waals surface area contributed by atoms with Crippen molar-refractivity contribution in [1.29, 1.82) is 0 Å². The molecule has 0 aromatic carbocycles. The minimum Gasteiger partial charge on any atom is -0.328 e. The predicted octanol–water partition coefficient (Wildman–Crippen LogP) is 3.52. The van der Waals surface area contributed by atoms with Crippen molar-refractivity contribution in [3.63, 3.8) is 0 Å². The van der Waals surface area contributed by atoms with E-state index in [1.165, 1.54) is 6.92 Å². The normalized spacial score (nSPS) is 17.1. The second kappa shape index (κ2) is 5.17. The van der Waals surface area contributed by atoms with Gasteiger partial charge in [-0.1, -0.05) is 20.8 Å². The molecule has 0 saturated carbocycles. The molecule has 0 radical (unpaired) electrons. The van der Waals surface area contributed by atoms with Gasteiger partial charge in [0.15, 0.2) is 0 Å². The molecule has 0 rings (SSSR count). The Hall–Kier alpha value is -0.0200. The van der Waals surface area contributed by atoms with Crippen LogP contribution < -0.4 is 0 Å². The lowest BCUT2D eigenvalue weighted by Gasteiger charge is -2.19.